The molecule has 120 valence electrons. The minimum Gasteiger partial charge on any atom is -0.488 e. The maximum absolute atomic E-state index is 12.1. The molecule has 0 radical (unpaired) electrons. The number of rotatable bonds is 5. The summed E-state index contributed by atoms with van der Waals surface area (Å²) in [7, 11) is 0. The number of carbonyl (C=O) groups is 1. The van der Waals surface area contributed by atoms with Crippen LogP contribution >= 0.6 is 0 Å². The molecule has 1 aromatic carbocycles. The summed E-state index contributed by atoms with van der Waals surface area (Å²) >= 11 is 0. The highest BCUT2D eigenvalue weighted by Gasteiger charge is 2.37. The molecule has 2 aliphatic rings. The number of benzene rings is 1. The van der Waals surface area contributed by atoms with E-state index in [0.717, 1.165) is 31.7 Å². The van der Waals surface area contributed by atoms with Gasteiger partial charge in [-0.3, -0.25) is 9.69 Å². The van der Waals surface area contributed by atoms with E-state index in [2.05, 4.69) is 10.2 Å². The summed E-state index contributed by atoms with van der Waals surface area (Å²) in [6.45, 7) is 2.44. The monoisotopic (exact) mass is 304 g/mol. The van der Waals surface area contributed by atoms with Crippen LogP contribution < -0.4 is 10.1 Å². The second-order valence-electron chi connectivity index (χ2n) is 6.19. The summed E-state index contributed by atoms with van der Waals surface area (Å²) in [5.41, 5.74) is 0. The quantitative estimate of drug-likeness (QED) is 0.857. The first-order chi connectivity index (χ1) is 10.7. The molecule has 1 saturated heterocycles. The van der Waals surface area contributed by atoms with Crippen LogP contribution in [0.2, 0.25) is 0 Å². The molecule has 1 aromatic rings. The molecule has 22 heavy (non-hydrogen) atoms. The Kier molecular flexibility index (Phi) is 4.95. The molecule has 0 aromatic heterocycles. The highest BCUT2D eigenvalue weighted by molar-refractivity contribution is 5.78. The average molecular weight is 304 g/mol. The fourth-order valence-electron chi connectivity index (χ4n) is 3.30. The highest BCUT2D eigenvalue weighted by atomic mass is 16.5. The normalized spacial score (nSPS) is 28.7. The van der Waals surface area contributed by atoms with Crippen LogP contribution in [-0.2, 0) is 4.79 Å². The van der Waals surface area contributed by atoms with Crippen molar-refractivity contribution in [1.29, 1.82) is 0 Å². The zero-order chi connectivity index (χ0) is 15.4. The second kappa shape index (κ2) is 7.11. The fraction of sp³-hybridized carbons (Fsp3) is 0.588. The molecule has 2 N–H and O–H groups in total. The van der Waals surface area contributed by atoms with Crippen LogP contribution in [0.5, 0.6) is 5.75 Å². The van der Waals surface area contributed by atoms with Gasteiger partial charge < -0.3 is 15.2 Å². The molecule has 3 atom stereocenters. The minimum atomic E-state index is -0.650. The first-order valence-corrected chi connectivity index (χ1v) is 8.14. The number of para-hydroxylation sites is 1. The summed E-state index contributed by atoms with van der Waals surface area (Å²) in [6, 6.07) is 9.30. The van der Waals surface area contributed by atoms with Gasteiger partial charge in [0.1, 0.15) is 18.0 Å². The maximum Gasteiger partial charge on any atom is 0.234 e. The lowest BCUT2D eigenvalue weighted by Crippen LogP contribution is -2.47. The van der Waals surface area contributed by atoms with Crippen LogP contribution in [0.3, 0.4) is 0 Å². The number of ether oxygens (including phenoxy) is 1. The predicted octanol–water partition coefficient (Wildman–Crippen LogP) is 1.17. The Labute approximate surface area is 131 Å². The Balaban J connectivity index is 1.48. The van der Waals surface area contributed by atoms with Gasteiger partial charge in [-0.2, -0.15) is 0 Å². The number of hydrogen-bond acceptors (Lipinski definition) is 4. The second-order valence-corrected chi connectivity index (χ2v) is 6.19. The van der Waals surface area contributed by atoms with Crippen LogP contribution in [-0.4, -0.2) is 53.8 Å². The van der Waals surface area contributed by atoms with Crippen molar-refractivity contribution in [2.24, 2.45) is 0 Å². The van der Waals surface area contributed by atoms with E-state index in [1.807, 2.05) is 30.3 Å². The van der Waals surface area contributed by atoms with E-state index in [4.69, 9.17) is 4.74 Å². The molecular weight excluding hydrogens is 280 g/mol. The molecule has 5 nitrogen and oxygen atoms in total. The van der Waals surface area contributed by atoms with Crippen molar-refractivity contribution in [3.05, 3.63) is 30.3 Å². The average Bonchev–Trinajstić information content (AvgIpc) is 3.13. The highest BCUT2D eigenvalue weighted by Crippen LogP contribution is 2.25. The van der Waals surface area contributed by atoms with Gasteiger partial charge in [0.25, 0.3) is 0 Å². The van der Waals surface area contributed by atoms with Gasteiger partial charge in [0.05, 0.1) is 12.6 Å². The zero-order valence-electron chi connectivity index (χ0n) is 12.8. The third-order valence-electron chi connectivity index (χ3n) is 4.50. The van der Waals surface area contributed by atoms with E-state index in [1.165, 1.54) is 12.8 Å². The number of carbonyl (C=O) groups excluding carboxylic acids is 1. The Morgan fingerprint density at radius 2 is 1.95 bits per heavy atom. The number of nitrogens with zero attached hydrogens (tertiary/aromatic N) is 1. The minimum absolute atomic E-state index is 0.00584. The molecule has 1 amide bonds. The van der Waals surface area contributed by atoms with E-state index < -0.39 is 6.10 Å². The van der Waals surface area contributed by atoms with Crippen LogP contribution in [0.1, 0.15) is 25.7 Å². The Hall–Kier alpha value is -1.59. The van der Waals surface area contributed by atoms with Gasteiger partial charge in [-0.25, -0.2) is 0 Å². The lowest BCUT2D eigenvalue weighted by Gasteiger charge is -2.22. The standard InChI is InChI=1S/C17H24N2O3/c20-16(12-19-10-4-5-11-19)18-14-8-9-15(17(14)21)22-13-6-2-1-3-7-13/h1-3,6-7,14-15,17,21H,4-5,8-12H2,(H,18,20)/t14-,15-,17-/m1/s1. The van der Waals surface area contributed by atoms with Crippen molar-refractivity contribution in [3.8, 4) is 5.75 Å². The van der Waals surface area contributed by atoms with Crippen molar-refractivity contribution in [2.45, 2.75) is 43.9 Å². The smallest absolute Gasteiger partial charge is 0.234 e. The number of hydrogen-bond donors (Lipinski definition) is 2. The van der Waals surface area contributed by atoms with Gasteiger partial charge in [0.2, 0.25) is 5.91 Å². The molecule has 1 saturated carbocycles. The van der Waals surface area contributed by atoms with E-state index in [9.17, 15) is 9.90 Å². The van der Waals surface area contributed by atoms with E-state index in [-0.39, 0.29) is 18.1 Å². The van der Waals surface area contributed by atoms with Crippen molar-refractivity contribution in [1.82, 2.24) is 10.2 Å². The summed E-state index contributed by atoms with van der Waals surface area (Å²) in [4.78, 5) is 14.2. The zero-order valence-corrected chi connectivity index (χ0v) is 12.8. The molecule has 2 fully saturated rings. The molecule has 1 aliphatic heterocycles. The molecule has 0 spiro atoms. The van der Waals surface area contributed by atoms with E-state index >= 15 is 0 Å². The van der Waals surface area contributed by atoms with Gasteiger partial charge in [-0.15, -0.1) is 0 Å². The number of aliphatic hydroxyl groups is 1. The Morgan fingerprint density at radius 1 is 1.23 bits per heavy atom. The molecule has 5 heteroatoms. The van der Waals surface area contributed by atoms with Crippen molar-refractivity contribution in [2.75, 3.05) is 19.6 Å². The molecule has 1 heterocycles. The van der Waals surface area contributed by atoms with Gasteiger partial charge in [0.15, 0.2) is 0 Å². The van der Waals surface area contributed by atoms with E-state index in [0.29, 0.717) is 6.54 Å². The molecule has 1 aliphatic carbocycles. The van der Waals surface area contributed by atoms with Crippen molar-refractivity contribution < 1.29 is 14.6 Å². The third-order valence-corrected chi connectivity index (χ3v) is 4.50. The molecular formula is C17H24N2O3. The van der Waals surface area contributed by atoms with Gasteiger partial charge >= 0.3 is 0 Å². The Morgan fingerprint density at radius 3 is 2.68 bits per heavy atom. The van der Waals surface area contributed by atoms with Crippen LogP contribution in [0, 0.1) is 0 Å². The predicted molar refractivity (Wildman–Crippen MR) is 83.7 cm³/mol. The third kappa shape index (κ3) is 3.78. The lowest BCUT2D eigenvalue weighted by atomic mass is 10.2. The number of likely N-dealkylation sites (tertiary alicyclic amines) is 1. The van der Waals surface area contributed by atoms with Crippen LogP contribution in [0.25, 0.3) is 0 Å². The molecule has 0 unspecified atom stereocenters. The number of amides is 1. The van der Waals surface area contributed by atoms with Gasteiger partial charge in [0, 0.05) is 0 Å². The topological polar surface area (TPSA) is 61.8 Å². The Bertz CT molecular complexity index is 488. The fourth-order valence-corrected chi connectivity index (χ4v) is 3.30. The number of nitrogens with one attached hydrogen (secondary N) is 1. The van der Waals surface area contributed by atoms with Gasteiger partial charge in [-0.05, 0) is 50.9 Å². The summed E-state index contributed by atoms with van der Waals surface area (Å²) in [5.74, 6) is 0.766. The van der Waals surface area contributed by atoms with Crippen molar-refractivity contribution in [3.63, 3.8) is 0 Å². The van der Waals surface area contributed by atoms with Crippen molar-refractivity contribution >= 4 is 5.91 Å². The molecule has 3 rings (SSSR count). The number of aliphatic hydroxyl groups excluding tert-OH is 1. The summed E-state index contributed by atoms with van der Waals surface area (Å²) in [6.07, 6.45) is 2.95. The summed E-state index contributed by atoms with van der Waals surface area (Å²) in [5, 5.41) is 13.3. The maximum atomic E-state index is 12.1. The van der Waals surface area contributed by atoms with E-state index in [1.54, 1.807) is 0 Å². The largest absolute Gasteiger partial charge is 0.488 e. The van der Waals surface area contributed by atoms with Crippen LogP contribution in [0.15, 0.2) is 30.3 Å². The first kappa shape index (κ1) is 15.3. The molecule has 0 bridgehead atoms. The van der Waals surface area contributed by atoms with Crippen LogP contribution in [0.4, 0.5) is 0 Å². The lowest BCUT2D eigenvalue weighted by molar-refractivity contribution is -0.123. The SMILES string of the molecule is O=C(CN1CCCC1)N[C@@H]1CC[C@@H](Oc2ccccc2)[C@@H]1O. The van der Waals surface area contributed by atoms with Gasteiger partial charge in [-0.1, -0.05) is 18.2 Å². The summed E-state index contributed by atoms with van der Waals surface area (Å²) < 4.78 is 5.82. The first-order valence-electron chi connectivity index (χ1n) is 8.14.